The summed E-state index contributed by atoms with van der Waals surface area (Å²) < 4.78 is 12.9. The molecule has 2 aromatic carbocycles. The molecule has 0 aliphatic carbocycles. The number of amides is 2. The van der Waals surface area contributed by atoms with E-state index >= 15 is 0 Å². The van der Waals surface area contributed by atoms with Gasteiger partial charge in [0.2, 0.25) is 5.91 Å². The molecule has 0 atom stereocenters. The van der Waals surface area contributed by atoms with E-state index in [2.05, 4.69) is 16.0 Å². The van der Waals surface area contributed by atoms with Crippen LogP contribution in [-0.2, 0) is 4.79 Å². The van der Waals surface area contributed by atoms with Gasteiger partial charge in [-0.3, -0.25) is 14.9 Å². The number of halogens is 1. The highest BCUT2D eigenvalue weighted by atomic mass is 32.1. The lowest BCUT2D eigenvalue weighted by molar-refractivity contribution is -0.118. The SMILES string of the molecule is CC(C)C(=O)Nc1cccc(NC(=S)NC(=O)c2ccc(F)cc2)c1. The quantitative estimate of drug-likeness (QED) is 0.730. The third-order valence-corrected chi connectivity index (χ3v) is 3.45. The van der Waals surface area contributed by atoms with Gasteiger partial charge in [-0.05, 0) is 54.7 Å². The molecule has 5 nitrogen and oxygen atoms in total. The zero-order chi connectivity index (χ0) is 18.4. The maximum atomic E-state index is 12.9. The van der Waals surface area contributed by atoms with Gasteiger partial charge >= 0.3 is 0 Å². The first-order valence-electron chi connectivity index (χ1n) is 7.64. The number of carbonyl (C=O) groups excluding carboxylic acids is 2. The number of rotatable bonds is 4. The Hall–Kier alpha value is -2.80. The van der Waals surface area contributed by atoms with Crippen LogP contribution in [0.3, 0.4) is 0 Å². The van der Waals surface area contributed by atoms with E-state index in [0.29, 0.717) is 16.9 Å². The molecule has 2 amide bonds. The topological polar surface area (TPSA) is 70.2 Å². The largest absolute Gasteiger partial charge is 0.332 e. The highest BCUT2D eigenvalue weighted by Crippen LogP contribution is 2.16. The molecule has 2 rings (SSSR count). The number of hydrogen-bond donors (Lipinski definition) is 3. The first-order valence-corrected chi connectivity index (χ1v) is 8.05. The predicted molar refractivity (Wildman–Crippen MR) is 100.0 cm³/mol. The van der Waals surface area contributed by atoms with Crippen LogP contribution >= 0.6 is 12.2 Å². The monoisotopic (exact) mass is 359 g/mol. The van der Waals surface area contributed by atoms with Crippen molar-refractivity contribution in [3.8, 4) is 0 Å². The van der Waals surface area contributed by atoms with Crippen molar-refractivity contribution in [3.63, 3.8) is 0 Å². The van der Waals surface area contributed by atoms with Gasteiger partial charge in [0, 0.05) is 22.9 Å². The summed E-state index contributed by atoms with van der Waals surface area (Å²) in [5.41, 5.74) is 1.53. The molecular weight excluding hydrogens is 341 g/mol. The average Bonchev–Trinajstić information content (AvgIpc) is 2.55. The summed E-state index contributed by atoms with van der Waals surface area (Å²) in [6, 6.07) is 12.1. The second-order valence-electron chi connectivity index (χ2n) is 5.64. The van der Waals surface area contributed by atoms with Gasteiger partial charge in [-0.2, -0.15) is 0 Å². The number of anilines is 2. The predicted octanol–water partition coefficient (Wildman–Crippen LogP) is 3.55. The van der Waals surface area contributed by atoms with Crippen LogP contribution in [0.5, 0.6) is 0 Å². The molecule has 25 heavy (non-hydrogen) atoms. The zero-order valence-corrected chi connectivity index (χ0v) is 14.6. The number of benzene rings is 2. The minimum atomic E-state index is -0.443. The molecule has 0 aliphatic rings. The molecule has 0 radical (unpaired) electrons. The van der Waals surface area contributed by atoms with Crippen molar-refractivity contribution >= 4 is 40.5 Å². The van der Waals surface area contributed by atoms with Crippen LogP contribution in [-0.4, -0.2) is 16.9 Å². The van der Waals surface area contributed by atoms with Gasteiger partial charge in [-0.1, -0.05) is 19.9 Å². The highest BCUT2D eigenvalue weighted by Gasteiger charge is 2.10. The van der Waals surface area contributed by atoms with Gasteiger partial charge in [-0.15, -0.1) is 0 Å². The number of nitrogens with one attached hydrogen (secondary N) is 3. The van der Waals surface area contributed by atoms with E-state index in [1.165, 1.54) is 24.3 Å². The van der Waals surface area contributed by atoms with Crippen LogP contribution in [0.2, 0.25) is 0 Å². The Balaban J connectivity index is 1.97. The average molecular weight is 359 g/mol. The lowest BCUT2D eigenvalue weighted by Gasteiger charge is -2.12. The Labute approximate surface area is 150 Å². The van der Waals surface area contributed by atoms with Crippen LogP contribution in [0, 0.1) is 11.7 Å². The summed E-state index contributed by atoms with van der Waals surface area (Å²) in [6.45, 7) is 3.61. The minimum absolute atomic E-state index is 0.0932. The fraction of sp³-hybridized carbons (Fsp3) is 0.167. The summed E-state index contributed by atoms with van der Waals surface area (Å²) in [5, 5.41) is 8.27. The van der Waals surface area contributed by atoms with Crippen LogP contribution in [0.4, 0.5) is 15.8 Å². The van der Waals surface area contributed by atoms with Crippen LogP contribution in [0.1, 0.15) is 24.2 Å². The molecule has 0 aromatic heterocycles. The Bertz CT molecular complexity index is 791. The third kappa shape index (κ3) is 5.65. The van der Waals surface area contributed by atoms with E-state index in [1.54, 1.807) is 38.1 Å². The van der Waals surface area contributed by atoms with Crippen molar-refractivity contribution in [1.29, 1.82) is 0 Å². The standard InChI is InChI=1S/C18H18FN3O2S/c1-11(2)16(23)20-14-4-3-5-15(10-14)21-18(25)22-17(24)12-6-8-13(19)9-7-12/h3-11H,1-2H3,(H,20,23)(H2,21,22,24,25). The second-order valence-corrected chi connectivity index (χ2v) is 6.05. The molecule has 0 spiro atoms. The molecule has 3 N–H and O–H groups in total. The molecule has 130 valence electrons. The first-order chi connectivity index (χ1) is 11.8. The highest BCUT2D eigenvalue weighted by molar-refractivity contribution is 7.80. The third-order valence-electron chi connectivity index (χ3n) is 3.25. The maximum absolute atomic E-state index is 12.9. The summed E-state index contributed by atoms with van der Waals surface area (Å²) in [6.07, 6.45) is 0. The molecule has 7 heteroatoms. The van der Waals surface area contributed by atoms with Gasteiger partial charge in [0.05, 0.1) is 0 Å². The van der Waals surface area contributed by atoms with Crippen molar-refractivity contribution in [2.75, 3.05) is 10.6 Å². The van der Waals surface area contributed by atoms with Gasteiger partial charge < -0.3 is 10.6 Å². The fourth-order valence-corrected chi connectivity index (χ4v) is 2.11. The van der Waals surface area contributed by atoms with Crippen LogP contribution in [0.25, 0.3) is 0 Å². The molecule has 0 unspecified atom stereocenters. The lowest BCUT2D eigenvalue weighted by atomic mass is 10.2. The number of carbonyl (C=O) groups is 2. The van der Waals surface area contributed by atoms with Gasteiger partial charge in [-0.25, -0.2) is 4.39 Å². The summed E-state index contributed by atoms with van der Waals surface area (Å²) in [5.74, 6) is -1.09. The Morgan fingerprint density at radius 2 is 1.60 bits per heavy atom. The molecule has 2 aromatic rings. The molecule has 0 aliphatic heterocycles. The van der Waals surface area contributed by atoms with E-state index in [9.17, 15) is 14.0 Å². The zero-order valence-electron chi connectivity index (χ0n) is 13.8. The first kappa shape index (κ1) is 18.5. The maximum Gasteiger partial charge on any atom is 0.257 e. The summed E-state index contributed by atoms with van der Waals surface area (Å²) >= 11 is 5.11. The van der Waals surface area contributed by atoms with E-state index in [-0.39, 0.29) is 16.9 Å². The van der Waals surface area contributed by atoms with E-state index in [1.807, 2.05) is 0 Å². The van der Waals surface area contributed by atoms with Crippen molar-refractivity contribution in [2.24, 2.45) is 5.92 Å². The normalized spacial score (nSPS) is 10.2. The van der Waals surface area contributed by atoms with Crippen LogP contribution < -0.4 is 16.0 Å². The Morgan fingerprint density at radius 3 is 2.20 bits per heavy atom. The van der Waals surface area contributed by atoms with Gasteiger partial charge in [0.25, 0.3) is 5.91 Å². The lowest BCUT2D eigenvalue weighted by Crippen LogP contribution is -2.34. The number of thiocarbonyl (C=S) groups is 1. The van der Waals surface area contributed by atoms with E-state index in [0.717, 1.165) is 0 Å². The summed E-state index contributed by atoms with van der Waals surface area (Å²) in [7, 11) is 0. The Morgan fingerprint density at radius 1 is 1.00 bits per heavy atom. The molecule has 0 saturated carbocycles. The Kier molecular flexibility index (Phi) is 6.19. The summed E-state index contributed by atoms with van der Waals surface area (Å²) in [4.78, 5) is 23.8. The smallest absolute Gasteiger partial charge is 0.257 e. The van der Waals surface area contributed by atoms with Crippen LogP contribution in [0.15, 0.2) is 48.5 Å². The van der Waals surface area contributed by atoms with Gasteiger partial charge in [0.15, 0.2) is 5.11 Å². The fourth-order valence-electron chi connectivity index (χ4n) is 1.90. The molecule has 0 heterocycles. The number of hydrogen-bond acceptors (Lipinski definition) is 3. The van der Waals surface area contributed by atoms with E-state index in [4.69, 9.17) is 12.2 Å². The van der Waals surface area contributed by atoms with Crippen molar-refractivity contribution in [1.82, 2.24) is 5.32 Å². The van der Waals surface area contributed by atoms with Crippen molar-refractivity contribution in [3.05, 3.63) is 59.9 Å². The van der Waals surface area contributed by atoms with E-state index < -0.39 is 11.7 Å². The van der Waals surface area contributed by atoms with Crippen molar-refractivity contribution < 1.29 is 14.0 Å². The molecule has 0 saturated heterocycles. The molecular formula is C18H18FN3O2S. The molecule has 0 fully saturated rings. The van der Waals surface area contributed by atoms with Gasteiger partial charge in [0.1, 0.15) is 5.82 Å². The molecule has 0 bridgehead atoms. The van der Waals surface area contributed by atoms with Crippen molar-refractivity contribution in [2.45, 2.75) is 13.8 Å². The second kappa shape index (κ2) is 8.34. The minimum Gasteiger partial charge on any atom is -0.332 e.